The van der Waals surface area contributed by atoms with E-state index in [2.05, 4.69) is 0 Å². The molecule has 0 N–H and O–H groups in total. The van der Waals surface area contributed by atoms with Crippen LogP contribution in [-0.4, -0.2) is 71.6 Å². The summed E-state index contributed by atoms with van der Waals surface area (Å²) in [6.07, 6.45) is -4.01. The zero-order valence-electron chi connectivity index (χ0n) is 21.0. The highest BCUT2D eigenvalue weighted by Gasteiger charge is 2.47. The lowest BCUT2D eigenvalue weighted by Gasteiger charge is -2.27. The smallest absolute Gasteiger partial charge is 0.443 e. The van der Waals surface area contributed by atoms with Gasteiger partial charge in [-0.15, -0.1) is 0 Å². The van der Waals surface area contributed by atoms with E-state index in [1.54, 1.807) is 62.3 Å². The van der Waals surface area contributed by atoms with Crippen LogP contribution in [0.25, 0.3) is 0 Å². The van der Waals surface area contributed by atoms with Crippen LogP contribution in [0.1, 0.15) is 75.2 Å². The van der Waals surface area contributed by atoms with Crippen molar-refractivity contribution >= 4 is 24.5 Å². The van der Waals surface area contributed by atoms with Crippen molar-refractivity contribution in [1.82, 2.24) is 4.90 Å². The summed E-state index contributed by atoms with van der Waals surface area (Å²) < 4.78 is 30.9. The second-order valence-electron chi connectivity index (χ2n) is 10.6. The van der Waals surface area contributed by atoms with Crippen LogP contribution in [0.4, 0.5) is 19.2 Å². The van der Waals surface area contributed by atoms with Crippen LogP contribution in [0.2, 0.25) is 0 Å². The van der Waals surface area contributed by atoms with Crippen LogP contribution in [-0.2, 0) is 28.4 Å². The van der Waals surface area contributed by atoms with Crippen molar-refractivity contribution in [2.75, 3.05) is 13.2 Å². The van der Waals surface area contributed by atoms with Gasteiger partial charge in [0.05, 0.1) is 12.6 Å². The Morgan fingerprint density at radius 3 is 1.79 bits per heavy atom. The van der Waals surface area contributed by atoms with Crippen molar-refractivity contribution in [3.05, 3.63) is 0 Å². The highest BCUT2D eigenvalue weighted by atomic mass is 16.7. The van der Waals surface area contributed by atoms with Crippen LogP contribution in [0.5, 0.6) is 0 Å². The van der Waals surface area contributed by atoms with E-state index in [-0.39, 0.29) is 26.1 Å². The molecule has 1 heterocycles. The van der Waals surface area contributed by atoms with E-state index in [4.69, 9.17) is 28.4 Å². The summed E-state index contributed by atoms with van der Waals surface area (Å²) in [6, 6.07) is -0.808. The van der Waals surface area contributed by atoms with E-state index >= 15 is 0 Å². The number of carbonyl (C=O) groups excluding carboxylic acids is 4. The molecule has 0 aliphatic carbocycles. The van der Waals surface area contributed by atoms with Crippen molar-refractivity contribution in [2.24, 2.45) is 0 Å². The van der Waals surface area contributed by atoms with E-state index < -0.39 is 53.4 Å². The average Bonchev–Trinajstić information content (AvgIpc) is 2.87. The van der Waals surface area contributed by atoms with Crippen LogP contribution < -0.4 is 0 Å². The zero-order valence-corrected chi connectivity index (χ0v) is 21.0. The van der Waals surface area contributed by atoms with E-state index in [1.165, 1.54) is 0 Å². The predicted molar refractivity (Wildman–Crippen MR) is 116 cm³/mol. The first-order valence-corrected chi connectivity index (χ1v) is 10.8. The molecule has 2 atom stereocenters. The molecule has 0 aromatic rings. The minimum Gasteiger partial charge on any atom is -0.443 e. The Bertz CT molecular complexity index is 714. The molecule has 1 aliphatic heterocycles. The third-order valence-electron chi connectivity index (χ3n) is 3.81. The lowest BCUT2D eigenvalue weighted by molar-refractivity contribution is -0.0263. The molecule has 0 unspecified atom stereocenters. The van der Waals surface area contributed by atoms with Gasteiger partial charge >= 0.3 is 24.5 Å². The van der Waals surface area contributed by atoms with Gasteiger partial charge in [-0.05, 0) is 75.2 Å². The Labute approximate surface area is 194 Å². The van der Waals surface area contributed by atoms with Crippen molar-refractivity contribution in [2.45, 2.75) is 104 Å². The molecular weight excluding hydrogens is 438 g/mol. The van der Waals surface area contributed by atoms with Gasteiger partial charge in [-0.1, -0.05) is 0 Å². The molecule has 1 rings (SSSR count). The Balaban J connectivity index is 2.81. The molecule has 0 radical (unpaired) electrons. The van der Waals surface area contributed by atoms with Crippen molar-refractivity contribution < 1.29 is 47.6 Å². The fraction of sp³-hybridized carbons (Fsp3) is 0.818. The van der Waals surface area contributed by atoms with E-state index in [1.807, 2.05) is 0 Å². The molecule has 1 saturated heterocycles. The molecule has 2 amide bonds. The quantitative estimate of drug-likeness (QED) is 0.300. The maximum Gasteiger partial charge on any atom is 0.508 e. The summed E-state index contributed by atoms with van der Waals surface area (Å²) in [5, 5.41) is 0. The minimum absolute atomic E-state index is 0.0125. The fourth-order valence-electron chi connectivity index (χ4n) is 2.70. The van der Waals surface area contributed by atoms with Gasteiger partial charge in [0.15, 0.2) is 6.10 Å². The standard InChI is InChI=1S/C22H37NO10/c1-20(2,3)31-17(25)23-14(11-10-12-28-18(26)32-21(4,5)6)15(30-16(23)24)13-29-19(27)33-22(7,8)9/h14-15H,10-13H2,1-9H3/t14-,15+/m1/s1. The highest BCUT2D eigenvalue weighted by Crippen LogP contribution is 2.27. The van der Waals surface area contributed by atoms with Gasteiger partial charge < -0.3 is 28.4 Å². The number of hydrogen-bond acceptors (Lipinski definition) is 10. The average molecular weight is 476 g/mol. The van der Waals surface area contributed by atoms with E-state index in [0.717, 1.165) is 4.90 Å². The highest BCUT2D eigenvalue weighted by molar-refractivity contribution is 5.90. The third-order valence-corrected chi connectivity index (χ3v) is 3.81. The summed E-state index contributed by atoms with van der Waals surface area (Å²) >= 11 is 0. The topological polar surface area (TPSA) is 127 Å². The number of ether oxygens (including phenoxy) is 6. The molecule has 0 aromatic heterocycles. The first-order valence-electron chi connectivity index (χ1n) is 10.8. The molecule has 0 aromatic carbocycles. The number of carbonyl (C=O) groups is 4. The zero-order chi connectivity index (χ0) is 25.6. The molecule has 0 spiro atoms. The van der Waals surface area contributed by atoms with Crippen molar-refractivity contribution in [3.63, 3.8) is 0 Å². The van der Waals surface area contributed by atoms with Gasteiger partial charge in [-0.2, -0.15) is 0 Å². The molecular formula is C22H37NO10. The number of nitrogens with zero attached hydrogens (tertiary/aromatic N) is 1. The molecule has 0 bridgehead atoms. The predicted octanol–water partition coefficient (Wildman–Crippen LogP) is 4.79. The van der Waals surface area contributed by atoms with Crippen molar-refractivity contribution in [3.8, 4) is 0 Å². The van der Waals surface area contributed by atoms with Crippen LogP contribution in [0.15, 0.2) is 0 Å². The van der Waals surface area contributed by atoms with E-state index in [9.17, 15) is 19.2 Å². The fourth-order valence-corrected chi connectivity index (χ4v) is 2.70. The Morgan fingerprint density at radius 2 is 1.30 bits per heavy atom. The monoisotopic (exact) mass is 475 g/mol. The summed E-state index contributed by atoms with van der Waals surface area (Å²) in [5.74, 6) is 0. The van der Waals surface area contributed by atoms with E-state index in [0.29, 0.717) is 0 Å². The maximum absolute atomic E-state index is 12.6. The molecule has 190 valence electrons. The number of amides is 2. The Hall–Kier alpha value is -2.72. The summed E-state index contributed by atoms with van der Waals surface area (Å²) in [4.78, 5) is 49.5. The Morgan fingerprint density at radius 1 is 0.818 bits per heavy atom. The number of hydrogen-bond donors (Lipinski definition) is 0. The minimum atomic E-state index is -0.945. The van der Waals surface area contributed by atoms with Gasteiger partial charge in [0.25, 0.3) is 0 Å². The number of imide groups is 1. The van der Waals surface area contributed by atoms with Gasteiger partial charge in [0, 0.05) is 0 Å². The number of cyclic esters (lactones) is 1. The van der Waals surface area contributed by atoms with Gasteiger partial charge in [-0.3, -0.25) is 0 Å². The first kappa shape index (κ1) is 28.3. The second-order valence-corrected chi connectivity index (χ2v) is 10.6. The second kappa shape index (κ2) is 10.9. The molecule has 33 heavy (non-hydrogen) atoms. The summed E-state index contributed by atoms with van der Waals surface area (Å²) in [5.41, 5.74) is -2.29. The number of rotatable bonds is 6. The molecule has 11 heteroatoms. The molecule has 0 saturated carbocycles. The van der Waals surface area contributed by atoms with Crippen LogP contribution in [0.3, 0.4) is 0 Å². The molecule has 1 fully saturated rings. The largest absolute Gasteiger partial charge is 0.508 e. The lowest BCUT2D eigenvalue weighted by Crippen LogP contribution is -2.45. The van der Waals surface area contributed by atoms with Crippen LogP contribution >= 0.6 is 0 Å². The first-order chi connectivity index (χ1) is 14.9. The Kier molecular flexibility index (Phi) is 9.38. The third kappa shape index (κ3) is 11.1. The normalized spacial score (nSPS) is 18.9. The summed E-state index contributed by atoms with van der Waals surface area (Å²) in [6.45, 7) is 14.8. The maximum atomic E-state index is 12.6. The van der Waals surface area contributed by atoms with Gasteiger partial charge in [0.2, 0.25) is 0 Å². The lowest BCUT2D eigenvalue weighted by atomic mass is 10.1. The summed E-state index contributed by atoms with van der Waals surface area (Å²) in [7, 11) is 0. The van der Waals surface area contributed by atoms with Crippen molar-refractivity contribution in [1.29, 1.82) is 0 Å². The van der Waals surface area contributed by atoms with Gasteiger partial charge in [0.1, 0.15) is 23.4 Å². The molecule has 11 nitrogen and oxygen atoms in total. The SMILES string of the molecule is CC(C)(C)OC(=O)OCCC[C@@H]1[C@H](COC(=O)OC(C)(C)C)OC(=O)N1C(=O)OC(C)(C)C. The van der Waals surface area contributed by atoms with Crippen LogP contribution in [0, 0.1) is 0 Å². The van der Waals surface area contributed by atoms with Gasteiger partial charge in [-0.25, -0.2) is 24.1 Å². The molecule has 1 aliphatic rings.